The molecule has 1 aromatic carbocycles. The number of amides is 1. The third kappa shape index (κ3) is 5.68. The molecule has 2 N–H and O–H groups in total. The van der Waals surface area contributed by atoms with Gasteiger partial charge in [-0.25, -0.2) is 0 Å². The number of carbonyl (C=O) groups is 1. The molecule has 0 saturated carbocycles. The molecular weight excluding hydrogens is 310 g/mol. The number of likely N-dealkylation sites (N-methyl/N-ethyl adjacent to an activating group) is 1. The summed E-state index contributed by atoms with van der Waals surface area (Å²) in [6, 6.07) is 10.9. The molecule has 0 fully saturated rings. The van der Waals surface area contributed by atoms with Gasteiger partial charge in [0.2, 0.25) is 0 Å². The molecule has 1 heterocycles. The lowest BCUT2D eigenvalue weighted by atomic mass is 10.3. The van der Waals surface area contributed by atoms with Gasteiger partial charge in [-0.1, -0.05) is 30.3 Å². The Kier molecular flexibility index (Phi) is 7.25. The van der Waals surface area contributed by atoms with E-state index in [1.807, 2.05) is 42.2 Å². The van der Waals surface area contributed by atoms with E-state index in [2.05, 4.69) is 10.5 Å². The molecule has 1 aromatic heterocycles. The molecule has 7 heteroatoms. The zero-order valence-corrected chi connectivity index (χ0v) is 13.8. The summed E-state index contributed by atoms with van der Waals surface area (Å²) in [5.74, 6) is 0.924. The minimum absolute atomic E-state index is 0.107. The summed E-state index contributed by atoms with van der Waals surface area (Å²) in [4.78, 5) is 14.1. The molecule has 0 saturated heterocycles. The van der Waals surface area contributed by atoms with Crippen molar-refractivity contribution in [1.29, 1.82) is 0 Å². The van der Waals surface area contributed by atoms with Crippen molar-refractivity contribution in [3.05, 3.63) is 47.9 Å². The number of hydrogen-bond acceptors (Lipinski definition) is 6. The maximum absolute atomic E-state index is 12.0. The SMILES string of the molecule is CCN(CCO)CCNC(=O)c1cc(COc2ccccc2)on1. The minimum atomic E-state index is -0.287. The van der Waals surface area contributed by atoms with Crippen LogP contribution in [0.3, 0.4) is 0 Å². The van der Waals surface area contributed by atoms with Crippen LogP contribution in [0.5, 0.6) is 5.75 Å². The highest BCUT2D eigenvalue weighted by Gasteiger charge is 2.13. The van der Waals surface area contributed by atoms with Gasteiger partial charge in [0.25, 0.3) is 5.91 Å². The van der Waals surface area contributed by atoms with Crippen LogP contribution in [0.25, 0.3) is 0 Å². The molecule has 0 spiro atoms. The van der Waals surface area contributed by atoms with E-state index in [4.69, 9.17) is 14.4 Å². The molecule has 0 aliphatic rings. The van der Waals surface area contributed by atoms with Gasteiger partial charge in [0.05, 0.1) is 6.61 Å². The van der Waals surface area contributed by atoms with Gasteiger partial charge in [-0.05, 0) is 18.7 Å². The highest BCUT2D eigenvalue weighted by atomic mass is 16.5. The summed E-state index contributed by atoms with van der Waals surface area (Å²) in [7, 11) is 0. The molecule has 2 aromatic rings. The molecule has 7 nitrogen and oxygen atoms in total. The van der Waals surface area contributed by atoms with Gasteiger partial charge in [-0.3, -0.25) is 9.69 Å². The van der Waals surface area contributed by atoms with Crippen LogP contribution < -0.4 is 10.1 Å². The molecule has 130 valence electrons. The number of nitrogens with one attached hydrogen (secondary N) is 1. The predicted octanol–water partition coefficient (Wildman–Crippen LogP) is 1.30. The third-order valence-electron chi connectivity index (χ3n) is 3.49. The first-order valence-electron chi connectivity index (χ1n) is 7.97. The van der Waals surface area contributed by atoms with Gasteiger partial charge in [0.1, 0.15) is 12.4 Å². The summed E-state index contributed by atoms with van der Waals surface area (Å²) < 4.78 is 10.7. The number of para-hydroxylation sites is 1. The second-order valence-corrected chi connectivity index (χ2v) is 5.19. The Morgan fingerprint density at radius 1 is 1.33 bits per heavy atom. The van der Waals surface area contributed by atoms with E-state index >= 15 is 0 Å². The fraction of sp³-hybridized carbons (Fsp3) is 0.412. The number of aliphatic hydroxyl groups excluding tert-OH is 1. The first kappa shape index (κ1) is 18.0. The van der Waals surface area contributed by atoms with Crippen LogP contribution in [-0.4, -0.2) is 53.9 Å². The highest BCUT2D eigenvalue weighted by molar-refractivity contribution is 5.92. The van der Waals surface area contributed by atoms with Crippen molar-refractivity contribution in [3.63, 3.8) is 0 Å². The lowest BCUT2D eigenvalue weighted by Crippen LogP contribution is -2.36. The molecule has 0 aliphatic heterocycles. The second-order valence-electron chi connectivity index (χ2n) is 5.19. The summed E-state index contributed by atoms with van der Waals surface area (Å²) in [6.07, 6.45) is 0. The van der Waals surface area contributed by atoms with Crippen molar-refractivity contribution in [2.75, 3.05) is 32.8 Å². The van der Waals surface area contributed by atoms with Gasteiger partial charge in [0, 0.05) is 25.7 Å². The average molecular weight is 333 g/mol. The lowest BCUT2D eigenvalue weighted by molar-refractivity contribution is 0.0938. The van der Waals surface area contributed by atoms with E-state index in [0.717, 1.165) is 12.3 Å². The van der Waals surface area contributed by atoms with Crippen molar-refractivity contribution < 1.29 is 19.2 Å². The average Bonchev–Trinajstić information content (AvgIpc) is 3.09. The van der Waals surface area contributed by atoms with Crippen LogP contribution in [0.2, 0.25) is 0 Å². The standard InChI is InChI=1S/C17H23N3O4/c1-2-20(10-11-21)9-8-18-17(22)16-12-15(24-19-16)13-23-14-6-4-3-5-7-14/h3-7,12,21H,2,8-11,13H2,1H3,(H,18,22). The summed E-state index contributed by atoms with van der Waals surface area (Å²) in [6.45, 7) is 4.90. The Balaban J connectivity index is 1.76. The topological polar surface area (TPSA) is 87.8 Å². The first-order valence-corrected chi connectivity index (χ1v) is 7.97. The largest absolute Gasteiger partial charge is 0.486 e. The number of rotatable bonds is 10. The number of nitrogens with zero attached hydrogens (tertiary/aromatic N) is 2. The van der Waals surface area contributed by atoms with Crippen molar-refractivity contribution in [3.8, 4) is 5.75 Å². The second kappa shape index (κ2) is 9.69. The molecule has 0 bridgehead atoms. The first-order chi connectivity index (χ1) is 11.7. The van der Waals surface area contributed by atoms with Crippen molar-refractivity contribution >= 4 is 5.91 Å². The Bertz CT molecular complexity index is 615. The number of hydrogen-bond donors (Lipinski definition) is 2. The van der Waals surface area contributed by atoms with Gasteiger partial charge < -0.3 is 19.7 Å². The van der Waals surface area contributed by atoms with E-state index in [1.54, 1.807) is 6.07 Å². The number of ether oxygens (including phenoxy) is 1. The van der Waals surface area contributed by atoms with Gasteiger partial charge in [-0.15, -0.1) is 0 Å². The third-order valence-corrected chi connectivity index (χ3v) is 3.49. The van der Waals surface area contributed by atoms with Crippen LogP contribution in [0, 0.1) is 0 Å². The number of benzene rings is 1. The van der Waals surface area contributed by atoms with E-state index in [9.17, 15) is 4.79 Å². The Hall–Kier alpha value is -2.38. The Morgan fingerprint density at radius 2 is 2.12 bits per heavy atom. The van der Waals surface area contributed by atoms with Crippen LogP contribution >= 0.6 is 0 Å². The summed E-state index contributed by atoms with van der Waals surface area (Å²) >= 11 is 0. The van der Waals surface area contributed by atoms with E-state index in [0.29, 0.717) is 25.4 Å². The molecule has 0 unspecified atom stereocenters. The van der Waals surface area contributed by atoms with Crippen LogP contribution in [-0.2, 0) is 6.61 Å². The molecule has 0 radical (unpaired) electrons. The molecule has 2 rings (SSSR count). The maximum atomic E-state index is 12.0. The fourth-order valence-electron chi connectivity index (χ4n) is 2.15. The highest BCUT2D eigenvalue weighted by Crippen LogP contribution is 2.12. The van der Waals surface area contributed by atoms with Crippen LogP contribution in [0.4, 0.5) is 0 Å². The molecular formula is C17H23N3O4. The normalized spacial score (nSPS) is 10.8. The summed E-state index contributed by atoms with van der Waals surface area (Å²) in [5, 5.41) is 15.5. The molecule has 0 atom stereocenters. The van der Waals surface area contributed by atoms with E-state index in [1.165, 1.54) is 0 Å². The van der Waals surface area contributed by atoms with Crippen LogP contribution in [0.15, 0.2) is 40.9 Å². The number of aromatic nitrogens is 1. The Morgan fingerprint density at radius 3 is 2.83 bits per heavy atom. The number of carbonyl (C=O) groups excluding carboxylic acids is 1. The molecule has 24 heavy (non-hydrogen) atoms. The van der Waals surface area contributed by atoms with Gasteiger partial charge >= 0.3 is 0 Å². The monoisotopic (exact) mass is 333 g/mol. The number of aliphatic hydroxyl groups is 1. The smallest absolute Gasteiger partial charge is 0.273 e. The minimum Gasteiger partial charge on any atom is -0.486 e. The zero-order valence-electron chi connectivity index (χ0n) is 13.8. The van der Waals surface area contributed by atoms with E-state index < -0.39 is 0 Å². The van der Waals surface area contributed by atoms with Gasteiger partial charge in [-0.2, -0.15) is 0 Å². The maximum Gasteiger partial charge on any atom is 0.273 e. The molecule has 1 amide bonds. The Labute approximate surface area is 141 Å². The summed E-state index contributed by atoms with van der Waals surface area (Å²) in [5.41, 5.74) is 0.229. The predicted molar refractivity (Wildman–Crippen MR) is 88.8 cm³/mol. The zero-order chi connectivity index (χ0) is 17.2. The fourth-order valence-corrected chi connectivity index (χ4v) is 2.15. The van der Waals surface area contributed by atoms with Gasteiger partial charge in [0.15, 0.2) is 11.5 Å². The lowest BCUT2D eigenvalue weighted by Gasteiger charge is -2.18. The van der Waals surface area contributed by atoms with Crippen molar-refractivity contribution in [1.82, 2.24) is 15.4 Å². The molecule has 0 aliphatic carbocycles. The van der Waals surface area contributed by atoms with E-state index in [-0.39, 0.29) is 24.8 Å². The van der Waals surface area contributed by atoms with Crippen molar-refractivity contribution in [2.24, 2.45) is 0 Å². The van der Waals surface area contributed by atoms with Crippen LogP contribution in [0.1, 0.15) is 23.2 Å². The van der Waals surface area contributed by atoms with Crippen molar-refractivity contribution in [2.45, 2.75) is 13.5 Å². The quantitative estimate of drug-likeness (QED) is 0.681.